The van der Waals surface area contributed by atoms with Gasteiger partial charge in [0.1, 0.15) is 0 Å². The first-order valence-electron chi connectivity index (χ1n) is 2.96. The number of hydrogen-bond acceptors (Lipinski definition) is 0. The van der Waals surface area contributed by atoms with Gasteiger partial charge >= 0.3 is 0 Å². The van der Waals surface area contributed by atoms with Gasteiger partial charge in [0.2, 0.25) is 0 Å². The Morgan fingerprint density at radius 1 is 1.00 bits per heavy atom. The highest BCUT2D eigenvalue weighted by atomic mass is 29.1. The Morgan fingerprint density at radius 2 is 1.57 bits per heavy atom. The minimum atomic E-state index is 0.0125. The van der Waals surface area contributed by atoms with E-state index in [1.807, 2.05) is 0 Å². The van der Waals surface area contributed by atoms with Crippen molar-refractivity contribution in [2.24, 2.45) is 0 Å². The lowest BCUT2D eigenvalue weighted by molar-refractivity contribution is 0.730. The minimum Gasteiger partial charge on any atom is -0.0617 e. The van der Waals surface area contributed by atoms with Crippen molar-refractivity contribution in [2.75, 3.05) is 0 Å². The third kappa shape index (κ3) is 1.78. The second-order valence-electron chi connectivity index (χ2n) is 2.16. The van der Waals surface area contributed by atoms with Crippen molar-refractivity contribution in [3.63, 3.8) is 0 Å². The van der Waals surface area contributed by atoms with Gasteiger partial charge in [-0.05, 0) is 0 Å². The zero-order chi connectivity index (χ0) is 5.11. The van der Waals surface area contributed by atoms with E-state index in [9.17, 15) is 0 Å². The van der Waals surface area contributed by atoms with E-state index in [4.69, 9.17) is 0 Å². The maximum atomic E-state index is 3.74. The van der Waals surface area contributed by atoms with Gasteiger partial charge in [0.05, 0.1) is 0 Å². The molecule has 0 saturated carbocycles. The maximum absolute atomic E-state index is 3.74. The van der Waals surface area contributed by atoms with E-state index in [0.717, 1.165) is 0 Å². The van der Waals surface area contributed by atoms with Crippen LogP contribution >= 0.6 is 0 Å². The van der Waals surface area contributed by atoms with E-state index in [-0.39, 0.29) is 8.31 Å². The summed E-state index contributed by atoms with van der Waals surface area (Å²) in [4.78, 5) is 0. The van der Waals surface area contributed by atoms with Crippen molar-refractivity contribution in [1.82, 2.24) is 0 Å². The molecule has 2 heteroatoms. The lowest BCUT2D eigenvalue weighted by Gasteiger charge is -2.13. The van der Waals surface area contributed by atoms with Crippen LogP contribution in [0, 0.1) is 0 Å². The van der Waals surface area contributed by atoms with Gasteiger partial charge in [0.25, 0.3) is 0 Å². The summed E-state index contributed by atoms with van der Waals surface area (Å²) >= 11 is 0. The summed E-state index contributed by atoms with van der Waals surface area (Å²) < 4.78 is 0. The van der Waals surface area contributed by atoms with E-state index in [0.29, 0.717) is 0 Å². The van der Waals surface area contributed by atoms with E-state index >= 15 is 0 Å². The molecule has 0 spiro atoms. The SMILES string of the molecule is [Si][Si]1CCCCC1. The number of rotatable bonds is 0. The zero-order valence-electron chi connectivity index (χ0n) is 4.54. The van der Waals surface area contributed by atoms with Crippen LogP contribution in [-0.2, 0) is 0 Å². The fourth-order valence-electron chi connectivity index (χ4n) is 0.979. The zero-order valence-corrected chi connectivity index (χ0v) is 6.54. The van der Waals surface area contributed by atoms with Crippen LogP contribution in [0.4, 0.5) is 0 Å². The molecule has 0 aromatic carbocycles. The molecular formula is C5H10Si2. The molecule has 0 nitrogen and oxygen atoms in total. The highest BCUT2D eigenvalue weighted by Gasteiger charge is 2.07. The third-order valence-corrected chi connectivity index (χ3v) is 4.87. The van der Waals surface area contributed by atoms with Crippen molar-refractivity contribution in [2.45, 2.75) is 31.4 Å². The monoisotopic (exact) mass is 126 g/mol. The Hall–Kier alpha value is 0.434. The van der Waals surface area contributed by atoms with Crippen molar-refractivity contribution in [3.8, 4) is 0 Å². The topological polar surface area (TPSA) is 0 Å². The standard InChI is InChI=1S/C5H10Si2/c6-7-4-2-1-3-5-7/h1-5H2. The molecule has 1 aliphatic rings. The largest absolute Gasteiger partial charge is 0.0617 e. The Balaban J connectivity index is 2.12. The quantitative estimate of drug-likeness (QED) is 0.430. The summed E-state index contributed by atoms with van der Waals surface area (Å²) in [6, 6.07) is 3.00. The van der Waals surface area contributed by atoms with Gasteiger partial charge in [0.15, 0.2) is 0 Å². The molecule has 0 aromatic heterocycles. The van der Waals surface area contributed by atoms with Crippen LogP contribution in [0.3, 0.4) is 0 Å². The molecule has 0 unspecified atom stereocenters. The molecule has 1 aliphatic heterocycles. The molecule has 1 saturated heterocycles. The predicted molar refractivity (Wildman–Crippen MR) is 35.0 cm³/mol. The molecule has 0 atom stereocenters. The lowest BCUT2D eigenvalue weighted by Crippen LogP contribution is -2.15. The molecule has 0 aliphatic carbocycles. The average Bonchev–Trinajstić information content (AvgIpc) is 1.69. The first kappa shape index (κ1) is 5.57. The maximum Gasteiger partial charge on any atom is 0.0303 e. The smallest absolute Gasteiger partial charge is 0.0303 e. The molecule has 0 N–H and O–H groups in total. The van der Waals surface area contributed by atoms with Crippen LogP contribution in [0.15, 0.2) is 0 Å². The van der Waals surface area contributed by atoms with Crippen LogP contribution < -0.4 is 0 Å². The van der Waals surface area contributed by atoms with Crippen LogP contribution in [0.2, 0.25) is 12.1 Å². The lowest BCUT2D eigenvalue weighted by atomic mass is 10.3. The molecule has 4 radical (unpaired) electrons. The molecular weight excluding hydrogens is 116 g/mol. The van der Waals surface area contributed by atoms with Gasteiger partial charge in [-0.2, -0.15) is 0 Å². The Kier molecular flexibility index (Phi) is 2.12. The van der Waals surface area contributed by atoms with Crippen molar-refractivity contribution < 1.29 is 0 Å². The van der Waals surface area contributed by atoms with Gasteiger partial charge in [-0.15, -0.1) is 0 Å². The first-order chi connectivity index (χ1) is 3.39. The van der Waals surface area contributed by atoms with Gasteiger partial charge in [-0.3, -0.25) is 0 Å². The van der Waals surface area contributed by atoms with Crippen LogP contribution in [0.25, 0.3) is 0 Å². The Labute approximate surface area is 50.1 Å². The Bertz CT molecular complexity index is 48.0. The van der Waals surface area contributed by atoms with Crippen LogP contribution in [-0.4, -0.2) is 18.1 Å². The summed E-state index contributed by atoms with van der Waals surface area (Å²) in [7, 11) is 3.75. The highest BCUT2D eigenvalue weighted by Crippen LogP contribution is 2.15. The van der Waals surface area contributed by atoms with E-state index in [1.54, 1.807) is 0 Å². The van der Waals surface area contributed by atoms with E-state index in [2.05, 4.69) is 9.76 Å². The van der Waals surface area contributed by atoms with Gasteiger partial charge in [-0.1, -0.05) is 31.4 Å². The second-order valence-corrected chi connectivity index (χ2v) is 6.49. The average molecular weight is 126 g/mol. The van der Waals surface area contributed by atoms with E-state index in [1.165, 1.54) is 31.4 Å². The fraction of sp³-hybridized carbons (Fsp3) is 1.00. The molecule has 1 rings (SSSR count). The summed E-state index contributed by atoms with van der Waals surface area (Å²) in [5.41, 5.74) is 0. The van der Waals surface area contributed by atoms with Crippen LogP contribution in [0.1, 0.15) is 19.3 Å². The molecule has 38 valence electrons. The van der Waals surface area contributed by atoms with Crippen molar-refractivity contribution >= 4 is 18.1 Å². The minimum absolute atomic E-state index is 0.0125. The van der Waals surface area contributed by atoms with E-state index < -0.39 is 0 Å². The molecule has 1 heterocycles. The predicted octanol–water partition coefficient (Wildman–Crippen LogP) is 1.33. The molecule has 1 fully saturated rings. The summed E-state index contributed by atoms with van der Waals surface area (Å²) in [6.07, 6.45) is 4.45. The second kappa shape index (κ2) is 2.67. The number of hydrogen-bond donors (Lipinski definition) is 0. The summed E-state index contributed by atoms with van der Waals surface area (Å²) in [5, 5.41) is 0. The molecule has 0 amide bonds. The molecule has 0 bridgehead atoms. The van der Waals surface area contributed by atoms with Crippen molar-refractivity contribution in [1.29, 1.82) is 0 Å². The Morgan fingerprint density at radius 3 is 1.86 bits per heavy atom. The summed E-state index contributed by atoms with van der Waals surface area (Å²) in [6.45, 7) is 0. The molecule has 7 heavy (non-hydrogen) atoms. The van der Waals surface area contributed by atoms with Gasteiger partial charge < -0.3 is 0 Å². The van der Waals surface area contributed by atoms with Crippen LogP contribution in [0.5, 0.6) is 0 Å². The van der Waals surface area contributed by atoms with Gasteiger partial charge in [0, 0.05) is 18.1 Å². The highest BCUT2D eigenvalue weighted by molar-refractivity contribution is 7.03. The van der Waals surface area contributed by atoms with Gasteiger partial charge in [-0.25, -0.2) is 0 Å². The first-order valence-corrected chi connectivity index (χ1v) is 6.37. The van der Waals surface area contributed by atoms with Crippen molar-refractivity contribution in [3.05, 3.63) is 0 Å². The third-order valence-electron chi connectivity index (χ3n) is 1.46. The fourth-order valence-corrected chi connectivity index (χ4v) is 3.64. The normalized spacial score (nSPS) is 25.3. The molecule has 0 aromatic rings. The summed E-state index contributed by atoms with van der Waals surface area (Å²) in [5.74, 6) is 0.